The molecule has 1 aromatic rings. The Hall–Kier alpha value is -1.00. The highest BCUT2D eigenvalue weighted by Crippen LogP contribution is 2.28. The van der Waals surface area contributed by atoms with Crippen molar-refractivity contribution in [1.29, 1.82) is 0 Å². The van der Waals surface area contributed by atoms with Gasteiger partial charge in [-0.15, -0.1) is 11.8 Å². The average molecular weight is 253 g/mol. The molecule has 94 valence electrons. The first kappa shape index (κ1) is 14.1. The molecule has 0 radical (unpaired) electrons. The molecule has 0 aromatic heterocycles. The van der Waals surface area contributed by atoms with Crippen LogP contribution >= 0.6 is 11.8 Å². The van der Waals surface area contributed by atoms with Crippen LogP contribution in [0.3, 0.4) is 0 Å². The van der Waals surface area contributed by atoms with E-state index in [-0.39, 0.29) is 6.04 Å². The Morgan fingerprint density at radius 2 is 1.82 bits per heavy atom. The van der Waals surface area contributed by atoms with Gasteiger partial charge in [-0.1, -0.05) is 19.1 Å². The number of carbonyl (C=O) groups is 1. The summed E-state index contributed by atoms with van der Waals surface area (Å²) in [5, 5.41) is 9.13. The summed E-state index contributed by atoms with van der Waals surface area (Å²) in [5.41, 5.74) is 1.04. The number of thioether (sulfide) groups is 1. The van der Waals surface area contributed by atoms with E-state index in [1.165, 1.54) is 4.90 Å². The Morgan fingerprint density at radius 3 is 2.18 bits per heavy atom. The minimum absolute atomic E-state index is 0.0941. The highest BCUT2D eigenvalue weighted by atomic mass is 32.2. The molecular weight excluding hydrogens is 234 g/mol. The van der Waals surface area contributed by atoms with Crippen molar-refractivity contribution in [2.75, 3.05) is 20.4 Å². The van der Waals surface area contributed by atoms with E-state index in [1.807, 2.05) is 49.5 Å². The van der Waals surface area contributed by atoms with Gasteiger partial charge >= 0.3 is 5.97 Å². The third-order valence-corrected chi connectivity index (χ3v) is 3.62. The van der Waals surface area contributed by atoms with Gasteiger partial charge in [0.25, 0.3) is 0 Å². The van der Waals surface area contributed by atoms with Gasteiger partial charge in [-0.05, 0) is 38.0 Å². The smallest absolute Gasteiger partial charge is 0.308 e. The fourth-order valence-electron chi connectivity index (χ4n) is 1.97. The molecular formula is C13H19NO2S. The number of rotatable bonds is 5. The molecule has 0 fully saturated rings. The molecule has 1 N–H and O–H groups in total. The van der Waals surface area contributed by atoms with Crippen LogP contribution in [0.2, 0.25) is 0 Å². The van der Waals surface area contributed by atoms with E-state index in [1.54, 1.807) is 18.7 Å². The molecule has 17 heavy (non-hydrogen) atoms. The number of carboxylic acids is 1. The van der Waals surface area contributed by atoms with Crippen LogP contribution in [-0.4, -0.2) is 36.3 Å². The second kappa shape index (κ2) is 6.07. The summed E-state index contributed by atoms with van der Waals surface area (Å²) in [6.07, 6.45) is 2.03. The summed E-state index contributed by atoms with van der Waals surface area (Å²) in [7, 11) is 3.82. The summed E-state index contributed by atoms with van der Waals surface area (Å²) >= 11 is 1.68. The Morgan fingerprint density at radius 1 is 1.29 bits per heavy atom. The van der Waals surface area contributed by atoms with Crippen LogP contribution in [0, 0.1) is 5.92 Å². The number of carboxylic acid groups (broad SMARTS) is 1. The zero-order chi connectivity index (χ0) is 13.0. The predicted molar refractivity (Wildman–Crippen MR) is 71.5 cm³/mol. The number of aliphatic carboxylic acids is 1. The molecule has 0 heterocycles. The first-order chi connectivity index (χ1) is 7.97. The SMILES string of the molecule is CSc1ccc(C(C(C)C(=O)O)N(C)C)cc1. The second-order valence-electron chi connectivity index (χ2n) is 4.31. The monoisotopic (exact) mass is 253 g/mol. The number of hydrogen-bond donors (Lipinski definition) is 1. The molecule has 0 spiro atoms. The van der Waals surface area contributed by atoms with E-state index < -0.39 is 11.9 Å². The Bertz CT molecular complexity index is 376. The van der Waals surface area contributed by atoms with Crippen LogP contribution in [0.4, 0.5) is 0 Å². The molecule has 1 aromatic carbocycles. The summed E-state index contributed by atoms with van der Waals surface area (Å²) in [6, 6.07) is 7.99. The lowest BCUT2D eigenvalue weighted by molar-refractivity contribution is -0.143. The lowest BCUT2D eigenvalue weighted by Crippen LogP contribution is -2.30. The normalized spacial score (nSPS) is 14.6. The topological polar surface area (TPSA) is 40.5 Å². The summed E-state index contributed by atoms with van der Waals surface area (Å²) in [6.45, 7) is 1.75. The van der Waals surface area contributed by atoms with E-state index in [2.05, 4.69) is 0 Å². The van der Waals surface area contributed by atoms with Gasteiger partial charge in [0.1, 0.15) is 0 Å². The van der Waals surface area contributed by atoms with Gasteiger partial charge in [-0.2, -0.15) is 0 Å². The summed E-state index contributed by atoms with van der Waals surface area (Å²) in [5.74, 6) is -1.19. The molecule has 0 bridgehead atoms. The van der Waals surface area contributed by atoms with E-state index >= 15 is 0 Å². The van der Waals surface area contributed by atoms with Crippen molar-refractivity contribution in [3.8, 4) is 0 Å². The molecule has 0 aliphatic rings. The lowest BCUT2D eigenvalue weighted by atomic mass is 9.94. The summed E-state index contributed by atoms with van der Waals surface area (Å²) in [4.78, 5) is 14.3. The third kappa shape index (κ3) is 3.48. The third-order valence-electron chi connectivity index (χ3n) is 2.88. The van der Waals surface area contributed by atoms with E-state index in [9.17, 15) is 4.79 Å². The Labute approximate surface area is 107 Å². The standard InChI is InChI=1S/C13H19NO2S/c1-9(13(15)16)12(14(2)3)10-5-7-11(17-4)8-6-10/h5-9,12H,1-4H3,(H,15,16). The van der Waals surface area contributed by atoms with Crippen LogP contribution < -0.4 is 0 Å². The van der Waals surface area contributed by atoms with Gasteiger partial charge in [-0.25, -0.2) is 0 Å². The van der Waals surface area contributed by atoms with Gasteiger partial charge in [-0.3, -0.25) is 4.79 Å². The first-order valence-corrected chi connectivity index (χ1v) is 6.73. The number of hydrogen-bond acceptors (Lipinski definition) is 3. The maximum Gasteiger partial charge on any atom is 0.308 e. The van der Waals surface area contributed by atoms with Crippen molar-refractivity contribution in [2.45, 2.75) is 17.9 Å². The van der Waals surface area contributed by atoms with Crippen LogP contribution in [0.15, 0.2) is 29.2 Å². The zero-order valence-electron chi connectivity index (χ0n) is 10.7. The lowest BCUT2D eigenvalue weighted by Gasteiger charge is -2.28. The highest BCUT2D eigenvalue weighted by Gasteiger charge is 2.26. The van der Waals surface area contributed by atoms with Crippen LogP contribution in [0.25, 0.3) is 0 Å². The van der Waals surface area contributed by atoms with Gasteiger partial charge < -0.3 is 10.0 Å². The predicted octanol–water partition coefficient (Wildman–Crippen LogP) is 2.73. The van der Waals surface area contributed by atoms with Crippen LogP contribution in [-0.2, 0) is 4.79 Å². The van der Waals surface area contributed by atoms with Gasteiger partial charge in [0.05, 0.1) is 5.92 Å². The molecule has 0 amide bonds. The molecule has 0 saturated heterocycles. The van der Waals surface area contributed by atoms with Gasteiger partial charge in [0.2, 0.25) is 0 Å². The molecule has 0 aliphatic carbocycles. The zero-order valence-corrected chi connectivity index (χ0v) is 11.5. The van der Waals surface area contributed by atoms with Crippen molar-refractivity contribution >= 4 is 17.7 Å². The molecule has 2 atom stereocenters. The molecule has 0 aliphatic heterocycles. The number of nitrogens with zero attached hydrogens (tertiary/aromatic N) is 1. The molecule has 4 heteroatoms. The van der Waals surface area contributed by atoms with E-state index in [0.717, 1.165) is 5.56 Å². The minimum Gasteiger partial charge on any atom is -0.481 e. The van der Waals surface area contributed by atoms with Crippen molar-refractivity contribution in [1.82, 2.24) is 4.90 Å². The Kier molecular flexibility index (Phi) is 5.02. The van der Waals surface area contributed by atoms with Gasteiger partial charge in [0.15, 0.2) is 0 Å². The van der Waals surface area contributed by atoms with Crippen LogP contribution in [0.5, 0.6) is 0 Å². The largest absolute Gasteiger partial charge is 0.481 e. The molecule has 1 rings (SSSR count). The minimum atomic E-state index is -0.766. The van der Waals surface area contributed by atoms with Crippen molar-refractivity contribution < 1.29 is 9.90 Å². The maximum atomic E-state index is 11.1. The average Bonchev–Trinajstić information content (AvgIpc) is 2.29. The summed E-state index contributed by atoms with van der Waals surface area (Å²) < 4.78 is 0. The maximum absolute atomic E-state index is 11.1. The fourth-order valence-corrected chi connectivity index (χ4v) is 2.38. The first-order valence-electron chi connectivity index (χ1n) is 5.50. The van der Waals surface area contributed by atoms with Gasteiger partial charge in [0, 0.05) is 10.9 Å². The quantitative estimate of drug-likeness (QED) is 0.819. The second-order valence-corrected chi connectivity index (χ2v) is 5.19. The van der Waals surface area contributed by atoms with Crippen LogP contribution in [0.1, 0.15) is 18.5 Å². The van der Waals surface area contributed by atoms with Crippen molar-refractivity contribution in [3.63, 3.8) is 0 Å². The molecule has 2 unspecified atom stereocenters. The Balaban J connectivity index is 3.01. The molecule has 3 nitrogen and oxygen atoms in total. The fraction of sp³-hybridized carbons (Fsp3) is 0.462. The number of benzene rings is 1. The van der Waals surface area contributed by atoms with Crippen molar-refractivity contribution in [2.24, 2.45) is 5.92 Å². The van der Waals surface area contributed by atoms with E-state index in [4.69, 9.17) is 5.11 Å². The molecule has 0 saturated carbocycles. The highest BCUT2D eigenvalue weighted by molar-refractivity contribution is 7.98. The van der Waals surface area contributed by atoms with E-state index in [0.29, 0.717) is 0 Å². The van der Waals surface area contributed by atoms with Crippen molar-refractivity contribution in [3.05, 3.63) is 29.8 Å².